The molecule has 1 aromatic rings. The maximum atomic E-state index is 3.40. The van der Waals surface area contributed by atoms with Crippen LogP contribution in [-0.2, 0) is 6.42 Å². The van der Waals surface area contributed by atoms with Crippen LogP contribution in [0.1, 0.15) is 5.56 Å². The minimum absolute atomic E-state index is 0. The standard InChI is InChI=1S/C8H10BBr.2H2O/c9-8-3-1-7(2-4-8)5-6-10;;/h1-4H,5-6,9H2;2*1H2. The molecule has 0 fully saturated rings. The number of aryl methyl sites for hydroxylation is 1. The number of halogens is 1. The van der Waals surface area contributed by atoms with Crippen molar-refractivity contribution in [1.82, 2.24) is 0 Å². The van der Waals surface area contributed by atoms with E-state index in [0.717, 1.165) is 11.8 Å². The normalized spacial score (nSPS) is 8.08. The van der Waals surface area contributed by atoms with E-state index in [9.17, 15) is 0 Å². The minimum atomic E-state index is 0. The highest BCUT2D eigenvalue weighted by molar-refractivity contribution is 9.09. The molecule has 0 radical (unpaired) electrons. The first kappa shape index (κ1) is 14.2. The van der Waals surface area contributed by atoms with E-state index in [1.54, 1.807) is 0 Å². The van der Waals surface area contributed by atoms with Gasteiger partial charge in [0, 0.05) is 5.33 Å². The zero-order valence-corrected chi connectivity index (χ0v) is 8.69. The Hall–Kier alpha value is -0.315. The van der Waals surface area contributed by atoms with Crippen molar-refractivity contribution in [2.24, 2.45) is 0 Å². The monoisotopic (exact) mass is 232 g/mol. The van der Waals surface area contributed by atoms with Gasteiger partial charge in [-0.3, -0.25) is 0 Å². The summed E-state index contributed by atoms with van der Waals surface area (Å²) in [6, 6.07) is 8.66. The van der Waals surface area contributed by atoms with Gasteiger partial charge < -0.3 is 11.0 Å². The van der Waals surface area contributed by atoms with Crippen molar-refractivity contribution >= 4 is 29.2 Å². The Bertz CT molecular complexity index is 201. The van der Waals surface area contributed by atoms with E-state index in [-0.39, 0.29) is 11.0 Å². The smallest absolute Gasteiger partial charge is 0.139 e. The van der Waals surface area contributed by atoms with Crippen LogP contribution in [0.25, 0.3) is 0 Å². The van der Waals surface area contributed by atoms with Crippen molar-refractivity contribution in [3.63, 3.8) is 0 Å². The highest BCUT2D eigenvalue weighted by Crippen LogP contribution is 1.99. The first-order valence-electron chi connectivity index (χ1n) is 3.44. The lowest BCUT2D eigenvalue weighted by atomic mass is 9.95. The van der Waals surface area contributed by atoms with Gasteiger partial charge >= 0.3 is 0 Å². The molecule has 2 nitrogen and oxygen atoms in total. The largest absolute Gasteiger partial charge is 0.412 e. The van der Waals surface area contributed by atoms with Gasteiger partial charge in [0.15, 0.2) is 0 Å². The van der Waals surface area contributed by atoms with Gasteiger partial charge in [-0.15, -0.1) is 0 Å². The molecule has 0 aliphatic carbocycles. The Labute approximate surface area is 82.1 Å². The molecule has 4 N–H and O–H groups in total. The summed E-state index contributed by atoms with van der Waals surface area (Å²) in [7, 11) is 2.11. The van der Waals surface area contributed by atoms with Crippen LogP contribution in [0.3, 0.4) is 0 Å². The van der Waals surface area contributed by atoms with Crippen LogP contribution >= 0.6 is 15.9 Å². The predicted molar refractivity (Wildman–Crippen MR) is 59.3 cm³/mol. The third-order valence-corrected chi connectivity index (χ3v) is 1.90. The molecule has 0 aliphatic heterocycles. The number of hydrogen-bond donors (Lipinski definition) is 0. The molecule has 0 saturated heterocycles. The van der Waals surface area contributed by atoms with Gasteiger partial charge in [0.05, 0.1) is 0 Å². The molecule has 0 aromatic heterocycles. The molecule has 0 amide bonds. The molecule has 4 heteroatoms. The van der Waals surface area contributed by atoms with Gasteiger partial charge in [-0.25, -0.2) is 0 Å². The molecule has 0 aliphatic rings. The summed E-state index contributed by atoms with van der Waals surface area (Å²) in [5, 5.41) is 1.05. The van der Waals surface area contributed by atoms with Crippen LogP contribution in [-0.4, -0.2) is 24.1 Å². The first-order valence-corrected chi connectivity index (χ1v) is 4.56. The Kier molecular flexibility index (Phi) is 8.70. The number of alkyl halides is 1. The van der Waals surface area contributed by atoms with Gasteiger partial charge in [-0.2, -0.15) is 0 Å². The lowest BCUT2D eigenvalue weighted by molar-refractivity contribution is 0.823. The Morgan fingerprint density at radius 1 is 1.08 bits per heavy atom. The molecule has 0 atom stereocenters. The second-order valence-corrected chi connectivity index (χ2v) is 3.22. The number of hydrogen-bond acceptors (Lipinski definition) is 0. The summed E-state index contributed by atoms with van der Waals surface area (Å²) in [6.45, 7) is 0. The third-order valence-electron chi connectivity index (χ3n) is 1.50. The molecule has 0 bridgehead atoms. The SMILES string of the molecule is Bc1ccc(CCBr)cc1.O.O. The lowest BCUT2D eigenvalue weighted by Gasteiger charge is -1.96. The average Bonchev–Trinajstić information content (AvgIpc) is 1.95. The van der Waals surface area contributed by atoms with Crippen LogP contribution < -0.4 is 5.46 Å². The molecule has 1 rings (SSSR count). The van der Waals surface area contributed by atoms with Crippen molar-refractivity contribution in [1.29, 1.82) is 0 Å². The quantitative estimate of drug-likeness (QED) is 0.475. The van der Waals surface area contributed by atoms with Crippen molar-refractivity contribution < 1.29 is 11.0 Å². The summed E-state index contributed by atoms with van der Waals surface area (Å²) >= 11 is 3.40. The summed E-state index contributed by atoms with van der Waals surface area (Å²) in [6.07, 6.45) is 1.13. The Morgan fingerprint density at radius 2 is 1.58 bits per heavy atom. The fourth-order valence-corrected chi connectivity index (χ4v) is 1.32. The van der Waals surface area contributed by atoms with Crippen molar-refractivity contribution in [3.8, 4) is 0 Å². The van der Waals surface area contributed by atoms with E-state index >= 15 is 0 Å². The molecular weight excluding hydrogens is 219 g/mol. The highest BCUT2D eigenvalue weighted by atomic mass is 79.9. The maximum absolute atomic E-state index is 3.40. The fraction of sp³-hybridized carbons (Fsp3) is 0.250. The predicted octanol–water partition coefficient (Wildman–Crippen LogP) is -0.767. The van der Waals surface area contributed by atoms with E-state index in [1.165, 1.54) is 11.0 Å². The van der Waals surface area contributed by atoms with Crippen molar-refractivity contribution in [2.75, 3.05) is 5.33 Å². The molecule has 68 valence electrons. The van der Waals surface area contributed by atoms with E-state index < -0.39 is 0 Å². The second kappa shape index (κ2) is 7.34. The van der Waals surface area contributed by atoms with Gasteiger partial charge in [0.1, 0.15) is 7.85 Å². The highest BCUT2D eigenvalue weighted by Gasteiger charge is 1.88. The van der Waals surface area contributed by atoms with E-state index in [1.807, 2.05) is 0 Å². The summed E-state index contributed by atoms with van der Waals surface area (Å²) in [5.74, 6) is 0. The fourth-order valence-electron chi connectivity index (χ4n) is 0.864. The molecule has 12 heavy (non-hydrogen) atoms. The summed E-state index contributed by atoms with van der Waals surface area (Å²) in [4.78, 5) is 0. The summed E-state index contributed by atoms with van der Waals surface area (Å²) < 4.78 is 0. The van der Waals surface area contributed by atoms with Crippen LogP contribution in [0.15, 0.2) is 24.3 Å². The maximum Gasteiger partial charge on any atom is 0.139 e. The van der Waals surface area contributed by atoms with Crippen molar-refractivity contribution in [3.05, 3.63) is 29.8 Å². The van der Waals surface area contributed by atoms with Crippen LogP contribution in [0.2, 0.25) is 0 Å². The van der Waals surface area contributed by atoms with Gasteiger partial charge in [0.25, 0.3) is 0 Å². The molecule has 1 aromatic carbocycles. The van der Waals surface area contributed by atoms with Gasteiger partial charge in [0.2, 0.25) is 0 Å². The molecule has 0 spiro atoms. The van der Waals surface area contributed by atoms with Gasteiger partial charge in [-0.1, -0.05) is 45.7 Å². The third kappa shape index (κ3) is 4.54. The van der Waals surface area contributed by atoms with Crippen LogP contribution in [0.4, 0.5) is 0 Å². The number of rotatable bonds is 2. The molecule has 0 heterocycles. The van der Waals surface area contributed by atoms with Gasteiger partial charge in [-0.05, 0) is 12.0 Å². The van der Waals surface area contributed by atoms with Crippen LogP contribution in [0, 0.1) is 0 Å². The average molecular weight is 233 g/mol. The molecule has 0 unspecified atom stereocenters. The van der Waals surface area contributed by atoms with E-state index in [0.29, 0.717) is 0 Å². The summed E-state index contributed by atoms with van der Waals surface area (Å²) in [5.41, 5.74) is 2.74. The zero-order chi connectivity index (χ0) is 7.40. The zero-order valence-electron chi connectivity index (χ0n) is 7.10. The Morgan fingerprint density at radius 3 is 2.00 bits per heavy atom. The van der Waals surface area contributed by atoms with Crippen molar-refractivity contribution in [2.45, 2.75) is 6.42 Å². The second-order valence-electron chi connectivity index (χ2n) is 2.42. The minimum Gasteiger partial charge on any atom is -0.412 e. The lowest BCUT2D eigenvalue weighted by Crippen LogP contribution is -2.00. The first-order chi connectivity index (χ1) is 4.83. The topological polar surface area (TPSA) is 63.0 Å². The van der Waals surface area contributed by atoms with Crippen LogP contribution in [0.5, 0.6) is 0 Å². The number of benzene rings is 1. The van der Waals surface area contributed by atoms with E-state index in [4.69, 9.17) is 0 Å². The molecule has 0 saturated carbocycles. The molecular formula is C8H14BBrO2. The van der Waals surface area contributed by atoms with E-state index in [2.05, 4.69) is 48.0 Å². The Balaban J connectivity index is 0.